The minimum atomic E-state index is -0.379. The highest BCUT2D eigenvalue weighted by molar-refractivity contribution is 7.98. The van der Waals surface area contributed by atoms with Crippen LogP contribution in [-0.2, 0) is 17.6 Å². The molecule has 0 radical (unpaired) electrons. The van der Waals surface area contributed by atoms with Gasteiger partial charge < -0.3 is 14.6 Å². The summed E-state index contributed by atoms with van der Waals surface area (Å²) in [7, 11) is 1.78. The maximum atomic E-state index is 13.1. The summed E-state index contributed by atoms with van der Waals surface area (Å²) < 4.78 is 20.6. The fourth-order valence-corrected chi connectivity index (χ4v) is 4.66. The number of fused-ring (bicyclic) bond motifs is 1. The number of nitrogens with one attached hydrogen (secondary N) is 1. The van der Waals surface area contributed by atoms with Crippen LogP contribution in [0.4, 0.5) is 10.2 Å². The Bertz CT molecular complexity index is 1210. The summed E-state index contributed by atoms with van der Waals surface area (Å²) in [5, 5.41) is 3.34. The average molecular weight is 468 g/mol. The van der Waals surface area contributed by atoms with Gasteiger partial charge in [-0.3, -0.25) is 9.59 Å². The van der Waals surface area contributed by atoms with Gasteiger partial charge in [0.15, 0.2) is 5.16 Å². The third kappa shape index (κ3) is 5.27. The van der Waals surface area contributed by atoms with Crippen LogP contribution in [0.15, 0.2) is 58.5 Å². The first-order valence-electron chi connectivity index (χ1n) is 10.8. The second-order valence-electron chi connectivity index (χ2n) is 8.51. The lowest BCUT2D eigenvalue weighted by molar-refractivity contribution is -0.116. The Morgan fingerprint density at radius 1 is 1.15 bits per heavy atom. The third-order valence-corrected chi connectivity index (χ3v) is 6.55. The van der Waals surface area contributed by atoms with Crippen LogP contribution in [-0.4, -0.2) is 22.1 Å². The molecule has 0 fully saturated rings. The topological polar surface area (TPSA) is 73.2 Å². The van der Waals surface area contributed by atoms with Crippen molar-refractivity contribution in [2.24, 2.45) is 13.0 Å². The Balaban J connectivity index is 1.61. The molecule has 0 aliphatic carbocycles. The Morgan fingerprint density at radius 2 is 1.85 bits per heavy atom. The van der Waals surface area contributed by atoms with E-state index in [2.05, 4.69) is 24.1 Å². The Kier molecular flexibility index (Phi) is 6.83. The molecule has 0 unspecified atom stereocenters. The molecule has 1 amide bonds. The predicted octanol–water partition coefficient (Wildman–Crippen LogP) is 4.72. The van der Waals surface area contributed by atoms with Crippen molar-refractivity contribution in [2.75, 3.05) is 11.9 Å². The summed E-state index contributed by atoms with van der Waals surface area (Å²) in [6.45, 7) is 4.79. The molecule has 3 aromatic rings. The van der Waals surface area contributed by atoms with Gasteiger partial charge in [0.05, 0.1) is 12.2 Å². The zero-order valence-electron chi connectivity index (χ0n) is 18.8. The Morgan fingerprint density at radius 3 is 2.52 bits per heavy atom. The molecule has 2 heterocycles. The van der Waals surface area contributed by atoms with Gasteiger partial charge in [0.1, 0.15) is 17.4 Å². The molecular weight excluding hydrogens is 441 g/mol. The van der Waals surface area contributed by atoms with Crippen molar-refractivity contribution < 1.29 is 13.9 Å². The first-order valence-corrected chi connectivity index (χ1v) is 11.8. The van der Waals surface area contributed by atoms with Crippen LogP contribution in [0.5, 0.6) is 5.75 Å². The lowest BCUT2D eigenvalue weighted by Gasteiger charge is -2.27. The smallest absolute Gasteiger partial charge is 0.279 e. The zero-order chi connectivity index (χ0) is 23.5. The molecule has 1 atom stereocenters. The molecule has 6 nitrogen and oxygen atoms in total. The zero-order valence-corrected chi connectivity index (χ0v) is 19.6. The monoisotopic (exact) mass is 467 g/mol. The third-order valence-electron chi connectivity index (χ3n) is 5.45. The lowest BCUT2D eigenvalue weighted by Crippen LogP contribution is -2.33. The first kappa shape index (κ1) is 23.0. The minimum Gasteiger partial charge on any atom is -0.493 e. The number of aromatic nitrogens is 2. The van der Waals surface area contributed by atoms with E-state index < -0.39 is 0 Å². The van der Waals surface area contributed by atoms with Crippen LogP contribution in [0.2, 0.25) is 0 Å². The molecular formula is C25H26FN3O3S. The van der Waals surface area contributed by atoms with Gasteiger partial charge >= 0.3 is 0 Å². The van der Waals surface area contributed by atoms with Crippen molar-refractivity contribution in [3.05, 3.63) is 81.4 Å². The summed E-state index contributed by atoms with van der Waals surface area (Å²) in [4.78, 5) is 29.9. The fourth-order valence-electron chi connectivity index (χ4n) is 3.74. The number of carbonyl (C=O) groups excluding carboxylic acids is 1. The van der Waals surface area contributed by atoms with Crippen LogP contribution in [0.3, 0.4) is 0 Å². The molecule has 0 bridgehead atoms. The number of rotatable bonds is 7. The van der Waals surface area contributed by atoms with Gasteiger partial charge in [-0.25, -0.2) is 4.39 Å². The normalized spacial score (nSPS) is 15.3. The summed E-state index contributed by atoms with van der Waals surface area (Å²) >= 11 is 1.36. The molecule has 0 saturated carbocycles. The standard InChI is InChI=1S/C25H26FN3O3S/c1-15(2)13-32-19-10-6-17(7-11-19)20-12-21(30)27-23-22(20)24(31)28-25(29(23)3)33-14-16-4-8-18(26)9-5-16/h4-11,15,20H,12-14H2,1-3H3,(H,27,30)/t20-/m1/s1. The van der Waals surface area contributed by atoms with Gasteiger partial charge in [0.2, 0.25) is 5.91 Å². The number of nitrogens with zero attached hydrogens (tertiary/aromatic N) is 2. The van der Waals surface area contributed by atoms with Crippen LogP contribution in [0, 0.1) is 11.7 Å². The maximum Gasteiger partial charge on any atom is 0.279 e. The van der Waals surface area contributed by atoms with Gasteiger partial charge in [0.25, 0.3) is 5.56 Å². The number of ether oxygens (including phenoxy) is 1. The number of amides is 1. The molecule has 1 N–H and O–H groups in total. The van der Waals surface area contributed by atoms with Crippen LogP contribution < -0.4 is 15.6 Å². The SMILES string of the molecule is CC(C)COc1ccc([C@H]2CC(=O)Nc3c2c(=O)nc(SCc2ccc(F)cc2)n3C)cc1. The molecule has 0 saturated heterocycles. The van der Waals surface area contributed by atoms with Gasteiger partial charge in [0, 0.05) is 25.1 Å². The number of thioether (sulfide) groups is 1. The largest absolute Gasteiger partial charge is 0.493 e. The van der Waals surface area contributed by atoms with Crippen molar-refractivity contribution >= 4 is 23.5 Å². The summed E-state index contributed by atoms with van der Waals surface area (Å²) in [6.07, 6.45) is 0.179. The summed E-state index contributed by atoms with van der Waals surface area (Å²) in [5.41, 5.74) is 1.91. The van der Waals surface area contributed by atoms with E-state index in [-0.39, 0.29) is 29.6 Å². The Hall–Kier alpha value is -3.13. The summed E-state index contributed by atoms with van der Waals surface area (Å²) in [6, 6.07) is 13.7. The second-order valence-corrected chi connectivity index (χ2v) is 9.46. The lowest BCUT2D eigenvalue weighted by atomic mass is 9.87. The highest BCUT2D eigenvalue weighted by atomic mass is 32.2. The van der Waals surface area contributed by atoms with E-state index >= 15 is 0 Å². The molecule has 8 heteroatoms. The minimum absolute atomic E-state index is 0.150. The van der Waals surface area contributed by atoms with Crippen molar-refractivity contribution in [1.82, 2.24) is 9.55 Å². The van der Waals surface area contributed by atoms with Crippen LogP contribution >= 0.6 is 11.8 Å². The molecule has 172 valence electrons. The van der Waals surface area contributed by atoms with E-state index in [1.54, 1.807) is 23.7 Å². The van der Waals surface area contributed by atoms with E-state index in [1.165, 1.54) is 23.9 Å². The number of hydrogen-bond donors (Lipinski definition) is 1. The Labute approximate surface area is 196 Å². The van der Waals surface area contributed by atoms with Crippen molar-refractivity contribution in [1.29, 1.82) is 0 Å². The molecule has 2 aromatic carbocycles. The van der Waals surface area contributed by atoms with Crippen molar-refractivity contribution in [3.8, 4) is 5.75 Å². The highest BCUT2D eigenvalue weighted by Crippen LogP contribution is 2.36. The van der Waals surface area contributed by atoms with E-state index in [9.17, 15) is 14.0 Å². The molecule has 0 spiro atoms. The molecule has 1 aliphatic heterocycles. The van der Waals surface area contributed by atoms with Crippen molar-refractivity contribution in [2.45, 2.75) is 37.1 Å². The first-order chi connectivity index (χ1) is 15.8. The molecule has 4 rings (SSSR count). The van der Waals surface area contributed by atoms with Gasteiger partial charge in [-0.05, 0) is 41.3 Å². The molecule has 1 aromatic heterocycles. The molecule has 33 heavy (non-hydrogen) atoms. The molecule has 1 aliphatic rings. The van der Waals surface area contributed by atoms with Gasteiger partial charge in [-0.15, -0.1) is 0 Å². The average Bonchev–Trinajstić information content (AvgIpc) is 2.80. The highest BCUT2D eigenvalue weighted by Gasteiger charge is 2.32. The number of hydrogen-bond acceptors (Lipinski definition) is 5. The van der Waals surface area contributed by atoms with Crippen LogP contribution in [0.25, 0.3) is 0 Å². The van der Waals surface area contributed by atoms with E-state index in [1.807, 2.05) is 24.3 Å². The van der Waals surface area contributed by atoms with Crippen molar-refractivity contribution in [3.63, 3.8) is 0 Å². The number of halogens is 1. The van der Waals surface area contributed by atoms with Crippen LogP contribution in [0.1, 0.15) is 42.9 Å². The number of anilines is 1. The predicted molar refractivity (Wildman–Crippen MR) is 127 cm³/mol. The van der Waals surface area contributed by atoms with E-state index in [4.69, 9.17) is 4.74 Å². The van der Waals surface area contributed by atoms with Gasteiger partial charge in [-0.1, -0.05) is 49.9 Å². The fraction of sp³-hybridized carbons (Fsp3) is 0.320. The number of carbonyl (C=O) groups is 1. The summed E-state index contributed by atoms with van der Waals surface area (Å²) in [5.74, 6) is 1.34. The van der Waals surface area contributed by atoms with E-state index in [0.29, 0.717) is 34.8 Å². The second kappa shape index (κ2) is 9.79. The quantitative estimate of drug-likeness (QED) is 0.402. The maximum absolute atomic E-state index is 13.1. The van der Waals surface area contributed by atoms with E-state index in [0.717, 1.165) is 16.9 Å². The van der Waals surface area contributed by atoms with Gasteiger partial charge in [-0.2, -0.15) is 4.98 Å². The number of benzene rings is 2.